The number of hydrogen-bond donors (Lipinski definition) is 1. The third-order valence-electron chi connectivity index (χ3n) is 3.37. The van der Waals surface area contributed by atoms with Crippen molar-refractivity contribution in [1.82, 2.24) is 0 Å². The summed E-state index contributed by atoms with van der Waals surface area (Å²) in [6, 6.07) is 0. The second-order valence-corrected chi connectivity index (χ2v) is 4.74. The highest BCUT2D eigenvalue weighted by atomic mass is 19.4. The summed E-state index contributed by atoms with van der Waals surface area (Å²) in [6.45, 7) is 2.43. The van der Waals surface area contributed by atoms with E-state index in [2.05, 4.69) is 0 Å². The monoisotopic (exact) mass is 254 g/mol. The number of halogens is 3. The van der Waals surface area contributed by atoms with E-state index in [1.165, 1.54) is 0 Å². The standard InChI is InChI=1S/C12H21F3O2/c1-2-7-17-8-11(16)9-5-3-4-6-10(9)12(13,14)15/h9-11,16H,2-8H2,1H3. The maximum Gasteiger partial charge on any atom is 0.392 e. The molecule has 3 unspecified atom stereocenters. The summed E-state index contributed by atoms with van der Waals surface area (Å²) in [5.74, 6) is -2.06. The molecule has 0 spiro atoms. The molecule has 0 saturated heterocycles. The predicted octanol–water partition coefficient (Wildman–Crippen LogP) is 3.14. The van der Waals surface area contributed by atoms with Crippen LogP contribution >= 0.6 is 0 Å². The first-order valence-corrected chi connectivity index (χ1v) is 6.29. The second kappa shape index (κ2) is 6.59. The molecule has 1 N–H and O–H groups in total. The van der Waals surface area contributed by atoms with Gasteiger partial charge in [0, 0.05) is 6.61 Å². The van der Waals surface area contributed by atoms with Crippen LogP contribution in [0, 0.1) is 11.8 Å². The van der Waals surface area contributed by atoms with E-state index in [-0.39, 0.29) is 13.0 Å². The maximum absolute atomic E-state index is 12.8. The van der Waals surface area contributed by atoms with Crippen LogP contribution in [0.4, 0.5) is 13.2 Å². The van der Waals surface area contributed by atoms with Gasteiger partial charge in [0.1, 0.15) is 0 Å². The van der Waals surface area contributed by atoms with Crippen molar-refractivity contribution >= 4 is 0 Å². The van der Waals surface area contributed by atoms with Crippen LogP contribution in [-0.2, 0) is 4.74 Å². The highest BCUT2D eigenvalue weighted by Gasteiger charge is 2.47. The number of ether oxygens (including phenoxy) is 1. The molecule has 1 aliphatic carbocycles. The fourth-order valence-electron chi connectivity index (χ4n) is 2.50. The largest absolute Gasteiger partial charge is 0.392 e. The van der Waals surface area contributed by atoms with Gasteiger partial charge in [-0.15, -0.1) is 0 Å². The zero-order valence-corrected chi connectivity index (χ0v) is 10.2. The number of rotatable bonds is 5. The van der Waals surface area contributed by atoms with E-state index in [0.29, 0.717) is 19.4 Å². The molecule has 102 valence electrons. The minimum Gasteiger partial charge on any atom is -0.390 e. The minimum atomic E-state index is -4.20. The third-order valence-corrected chi connectivity index (χ3v) is 3.37. The highest BCUT2D eigenvalue weighted by Crippen LogP contribution is 2.42. The van der Waals surface area contributed by atoms with Gasteiger partial charge in [0.2, 0.25) is 0 Å². The van der Waals surface area contributed by atoms with E-state index in [0.717, 1.165) is 12.8 Å². The van der Waals surface area contributed by atoms with Gasteiger partial charge < -0.3 is 9.84 Å². The van der Waals surface area contributed by atoms with Gasteiger partial charge in [0.25, 0.3) is 0 Å². The molecule has 3 atom stereocenters. The molecule has 1 rings (SSSR count). The van der Waals surface area contributed by atoms with Crippen LogP contribution in [0.3, 0.4) is 0 Å². The Balaban J connectivity index is 2.52. The summed E-state index contributed by atoms with van der Waals surface area (Å²) < 4.78 is 43.5. The van der Waals surface area contributed by atoms with Crippen molar-refractivity contribution in [3.05, 3.63) is 0 Å². The van der Waals surface area contributed by atoms with Gasteiger partial charge in [-0.2, -0.15) is 13.2 Å². The van der Waals surface area contributed by atoms with Crippen LogP contribution in [0.2, 0.25) is 0 Å². The van der Waals surface area contributed by atoms with Crippen LogP contribution in [0.1, 0.15) is 39.0 Å². The summed E-state index contributed by atoms with van der Waals surface area (Å²) in [6.07, 6.45) is -2.43. The lowest BCUT2D eigenvalue weighted by atomic mass is 9.76. The molecule has 0 bridgehead atoms. The van der Waals surface area contributed by atoms with Gasteiger partial charge in [-0.3, -0.25) is 0 Å². The van der Waals surface area contributed by atoms with Crippen LogP contribution in [-0.4, -0.2) is 30.6 Å². The molecule has 1 aliphatic rings. The van der Waals surface area contributed by atoms with Crippen LogP contribution in [0.15, 0.2) is 0 Å². The fraction of sp³-hybridized carbons (Fsp3) is 1.00. The van der Waals surface area contributed by atoms with E-state index in [1.807, 2.05) is 6.92 Å². The first-order valence-electron chi connectivity index (χ1n) is 6.29. The predicted molar refractivity (Wildman–Crippen MR) is 58.6 cm³/mol. The lowest BCUT2D eigenvalue weighted by molar-refractivity contribution is -0.209. The Bertz CT molecular complexity index is 218. The summed E-state index contributed by atoms with van der Waals surface area (Å²) in [5.41, 5.74) is 0. The Labute approximate surface area is 100 Å². The van der Waals surface area contributed by atoms with E-state index in [1.54, 1.807) is 0 Å². The molecule has 0 aromatic heterocycles. The van der Waals surface area contributed by atoms with Gasteiger partial charge in [-0.05, 0) is 25.2 Å². The van der Waals surface area contributed by atoms with E-state index in [9.17, 15) is 18.3 Å². The molecule has 1 fully saturated rings. The van der Waals surface area contributed by atoms with Crippen molar-refractivity contribution in [3.63, 3.8) is 0 Å². The average molecular weight is 254 g/mol. The molecular formula is C12H21F3O2. The summed E-state index contributed by atoms with van der Waals surface area (Å²) in [4.78, 5) is 0. The molecule has 0 radical (unpaired) electrons. The molecule has 0 aromatic carbocycles. The molecule has 1 saturated carbocycles. The summed E-state index contributed by atoms with van der Waals surface area (Å²) >= 11 is 0. The van der Waals surface area contributed by atoms with Gasteiger partial charge in [0.15, 0.2) is 0 Å². The van der Waals surface area contributed by atoms with E-state index in [4.69, 9.17) is 4.74 Å². The minimum absolute atomic E-state index is 0.0189. The first kappa shape index (κ1) is 14.8. The van der Waals surface area contributed by atoms with Crippen molar-refractivity contribution in [2.45, 2.75) is 51.3 Å². The van der Waals surface area contributed by atoms with Crippen molar-refractivity contribution in [1.29, 1.82) is 0 Å². The lowest BCUT2D eigenvalue weighted by Crippen LogP contribution is -2.41. The van der Waals surface area contributed by atoms with Crippen LogP contribution < -0.4 is 0 Å². The summed E-state index contributed by atoms with van der Waals surface area (Å²) in [5, 5.41) is 9.81. The van der Waals surface area contributed by atoms with Crippen LogP contribution in [0.25, 0.3) is 0 Å². The topological polar surface area (TPSA) is 29.5 Å². The number of hydrogen-bond acceptors (Lipinski definition) is 2. The Kier molecular flexibility index (Phi) is 5.73. The van der Waals surface area contributed by atoms with Gasteiger partial charge in [-0.25, -0.2) is 0 Å². The van der Waals surface area contributed by atoms with Crippen molar-refractivity contribution in [3.8, 4) is 0 Å². The Morgan fingerprint density at radius 3 is 2.53 bits per heavy atom. The number of aliphatic hydroxyl groups excluding tert-OH is 1. The molecule has 5 heteroatoms. The van der Waals surface area contributed by atoms with E-state index < -0.39 is 24.1 Å². The van der Waals surface area contributed by atoms with Crippen LogP contribution in [0.5, 0.6) is 0 Å². The molecule has 17 heavy (non-hydrogen) atoms. The zero-order chi connectivity index (χ0) is 12.9. The third kappa shape index (κ3) is 4.47. The average Bonchev–Trinajstić information content (AvgIpc) is 2.28. The highest BCUT2D eigenvalue weighted by molar-refractivity contribution is 4.84. The second-order valence-electron chi connectivity index (χ2n) is 4.74. The Morgan fingerprint density at radius 1 is 1.29 bits per heavy atom. The smallest absolute Gasteiger partial charge is 0.390 e. The van der Waals surface area contributed by atoms with Gasteiger partial charge in [-0.1, -0.05) is 19.8 Å². The number of aliphatic hydroxyl groups is 1. The molecule has 2 nitrogen and oxygen atoms in total. The van der Waals surface area contributed by atoms with E-state index >= 15 is 0 Å². The summed E-state index contributed by atoms with van der Waals surface area (Å²) in [7, 11) is 0. The zero-order valence-electron chi connectivity index (χ0n) is 10.2. The number of alkyl halides is 3. The SMILES string of the molecule is CCCOCC(O)C1CCCCC1C(F)(F)F. The Hall–Kier alpha value is -0.290. The lowest BCUT2D eigenvalue weighted by Gasteiger charge is -2.35. The molecule has 0 amide bonds. The molecule has 0 aromatic rings. The van der Waals surface area contributed by atoms with Crippen molar-refractivity contribution in [2.24, 2.45) is 11.8 Å². The Morgan fingerprint density at radius 2 is 1.94 bits per heavy atom. The van der Waals surface area contributed by atoms with Crippen molar-refractivity contribution < 1.29 is 23.0 Å². The first-order chi connectivity index (χ1) is 7.96. The molecule has 0 aliphatic heterocycles. The molecule has 0 heterocycles. The molecular weight excluding hydrogens is 233 g/mol. The fourth-order valence-corrected chi connectivity index (χ4v) is 2.50. The maximum atomic E-state index is 12.8. The normalized spacial score (nSPS) is 28.1. The van der Waals surface area contributed by atoms with Crippen molar-refractivity contribution in [2.75, 3.05) is 13.2 Å². The van der Waals surface area contributed by atoms with Gasteiger partial charge >= 0.3 is 6.18 Å². The van der Waals surface area contributed by atoms with Gasteiger partial charge in [0.05, 0.1) is 18.6 Å². The quantitative estimate of drug-likeness (QED) is 0.764.